The van der Waals surface area contributed by atoms with Crippen LogP contribution in [0.1, 0.15) is 16.1 Å². The topological polar surface area (TPSA) is 64.2 Å². The van der Waals surface area contributed by atoms with Crippen molar-refractivity contribution in [3.8, 4) is 0 Å². The van der Waals surface area contributed by atoms with E-state index in [0.29, 0.717) is 13.1 Å². The number of ketones is 1. The van der Waals surface area contributed by atoms with Gasteiger partial charge in [-0.25, -0.2) is 4.39 Å². The first kappa shape index (κ1) is 15.5. The van der Waals surface area contributed by atoms with Gasteiger partial charge in [0.25, 0.3) is 0 Å². The summed E-state index contributed by atoms with van der Waals surface area (Å²) < 4.78 is 14.8. The van der Waals surface area contributed by atoms with Crippen molar-refractivity contribution in [1.29, 1.82) is 0 Å². The summed E-state index contributed by atoms with van der Waals surface area (Å²) in [4.78, 5) is 14.5. The number of likely N-dealkylation sites (N-methyl/N-ethyl adjacent to an activating group) is 1. The Morgan fingerprint density at radius 3 is 2.86 bits per heavy atom. The molecule has 1 aromatic carbocycles. The predicted molar refractivity (Wildman–Crippen MR) is 80.0 cm³/mol. The molecule has 112 valence electrons. The molecule has 0 unspecified atom stereocenters. The van der Waals surface area contributed by atoms with E-state index < -0.39 is 11.6 Å². The van der Waals surface area contributed by atoms with E-state index in [1.54, 1.807) is 0 Å². The normalized spacial score (nSPS) is 11.1. The highest BCUT2D eigenvalue weighted by Gasteiger charge is 2.21. The van der Waals surface area contributed by atoms with Gasteiger partial charge in [-0.3, -0.25) is 9.48 Å². The molecule has 0 atom stereocenters. The van der Waals surface area contributed by atoms with Gasteiger partial charge in [-0.15, -0.1) is 0 Å². The Bertz CT molecular complexity index is 669. The first-order chi connectivity index (χ1) is 9.90. The Hall–Kier alpha value is -1.92. The number of nitrogens with zero attached hydrogens (tertiary/aromatic N) is 3. The van der Waals surface area contributed by atoms with Gasteiger partial charge in [0, 0.05) is 12.2 Å². The summed E-state index contributed by atoms with van der Waals surface area (Å²) in [5.74, 6) is -0.962. The number of nitrogen functional groups attached to an aromatic ring is 1. The monoisotopic (exact) mass is 310 g/mol. The minimum Gasteiger partial charge on any atom is -0.398 e. The lowest BCUT2D eigenvalue weighted by molar-refractivity contribution is 0.102. The highest BCUT2D eigenvalue weighted by Crippen LogP contribution is 2.23. The van der Waals surface area contributed by atoms with E-state index >= 15 is 0 Å². The van der Waals surface area contributed by atoms with Crippen LogP contribution in [0, 0.1) is 5.82 Å². The van der Waals surface area contributed by atoms with E-state index in [9.17, 15) is 9.18 Å². The molecule has 0 spiro atoms. The third-order valence-corrected chi connectivity index (χ3v) is 3.31. The van der Waals surface area contributed by atoms with Crippen molar-refractivity contribution in [3.05, 3.63) is 46.5 Å². The van der Waals surface area contributed by atoms with E-state index in [2.05, 4.69) is 5.10 Å². The number of carbonyl (C=O) groups is 1. The third kappa shape index (κ3) is 3.40. The van der Waals surface area contributed by atoms with Gasteiger partial charge in [0.15, 0.2) is 0 Å². The Morgan fingerprint density at radius 1 is 1.48 bits per heavy atom. The van der Waals surface area contributed by atoms with Crippen LogP contribution in [-0.4, -0.2) is 41.1 Å². The van der Waals surface area contributed by atoms with E-state index in [1.165, 1.54) is 23.0 Å². The maximum atomic E-state index is 13.3. The lowest BCUT2D eigenvalue weighted by Crippen LogP contribution is -2.22. The third-order valence-electron chi connectivity index (χ3n) is 3.03. The lowest BCUT2D eigenvalue weighted by atomic mass is 10.1. The molecule has 1 heterocycles. The Labute approximate surface area is 127 Å². The molecule has 2 rings (SSSR count). The number of anilines is 1. The van der Waals surface area contributed by atoms with Gasteiger partial charge in [-0.2, -0.15) is 5.10 Å². The minimum absolute atomic E-state index is 0.0866. The Kier molecular flexibility index (Phi) is 4.59. The minimum atomic E-state index is -0.525. The molecule has 2 aromatic rings. The van der Waals surface area contributed by atoms with Crippen LogP contribution in [0.4, 0.5) is 10.1 Å². The zero-order valence-electron chi connectivity index (χ0n) is 11.8. The highest BCUT2D eigenvalue weighted by molar-refractivity contribution is 6.34. The van der Waals surface area contributed by atoms with E-state index in [0.717, 1.165) is 6.07 Å². The van der Waals surface area contributed by atoms with Gasteiger partial charge in [0.1, 0.15) is 11.5 Å². The summed E-state index contributed by atoms with van der Waals surface area (Å²) in [5.41, 5.74) is 6.26. The van der Waals surface area contributed by atoms with Gasteiger partial charge in [0.2, 0.25) is 5.78 Å². The van der Waals surface area contributed by atoms with Crippen molar-refractivity contribution < 1.29 is 9.18 Å². The molecule has 0 saturated carbocycles. The maximum Gasteiger partial charge on any atom is 0.214 e. The molecule has 0 fully saturated rings. The second kappa shape index (κ2) is 6.24. The average Bonchev–Trinajstić information content (AvgIpc) is 2.79. The molecule has 7 heteroatoms. The molecule has 2 N–H and O–H groups in total. The van der Waals surface area contributed by atoms with Crippen molar-refractivity contribution >= 4 is 23.1 Å². The van der Waals surface area contributed by atoms with Crippen LogP contribution in [0.3, 0.4) is 0 Å². The summed E-state index contributed by atoms with van der Waals surface area (Å²) in [5, 5.41) is 4.31. The molecule has 0 aliphatic rings. The van der Waals surface area contributed by atoms with Crippen LogP contribution in [0.2, 0.25) is 5.02 Å². The van der Waals surface area contributed by atoms with Gasteiger partial charge in [-0.05, 0) is 32.3 Å². The number of carbonyl (C=O) groups excluding carboxylic acids is 1. The number of nitrogens with two attached hydrogens (primary N) is 1. The number of rotatable bonds is 5. The zero-order chi connectivity index (χ0) is 15.6. The second-order valence-electron chi connectivity index (χ2n) is 4.93. The van der Waals surface area contributed by atoms with Crippen molar-refractivity contribution in [2.45, 2.75) is 6.54 Å². The van der Waals surface area contributed by atoms with Crippen LogP contribution in [0.15, 0.2) is 24.4 Å². The van der Waals surface area contributed by atoms with Gasteiger partial charge < -0.3 is 10.6 Å². The number of hydrogen-bond acceptors (Lipinski definition) is 4. The van der Waals surface area contributed by atoms with E-state index in [4.69, 9.17) is 17.3 Å². The lowest BCUT2D eigenvalue weighted by Gasteiger charge is -2.12. The van der Waals surface area contributed by atoms with Gasteiger partial charge >= 0.3 is 0 Å². The molecule has 21 heavy (non-hydrogen) atoms. The second-order valence-corrected chi connectivity index (χ2v) is 5.34. The summed E-state index contributed by atoms with van der Waals surface area (Å²) in [7, 11) is 3.83. The molecule has 0 radical (unpaired) electrons. The molecular formula is C14H16ClFN4O. The van der Waals surface area contributed by atoms with Crippen LogP contribution in [0.5, 0.6) is 0 Å². The largest absolute Gasteiger partial charge is 0.398 e. The highest BCUT2D eigenvalue weighted by atomic mass is 35.5. The summed E-state index contributed by atoms with van der Waals surface area (Å²) in [6.45, 7) is 1.19. The molecule has 0 amide bonds. The fourth-order valence-corrected chi connectivity index (χ4v) is 2.13. The fraction of sp³-hybridized carbons (Fsp3) is 0.286. The van der Waals surface area contributed by atoms with Crippen LogP contribution in [-0.2, 0) is 6.54 Å². The molecule has 0 aliphatic heterocycles. The predicted octanol–water partition coefficient (Wildman–Crippen LogP) is 2.05. The maximum absolute atomic E-state index is 13.3. The molecule has 0 bridgehead atoms. The first-order valence-corrected chi connectivity index (χ1v) is 6.73. The standard InChI is InChI=1S/C14H16ClFN4O/c1-19(2)5-6-20-13(11(15)8-18-20)14(21)10-7-9(16)3-4-12(10)17/h3-4,7-8H,5-6,17H2,1-2H3. The Balaban J connectivity index is 2.39. The van der Waals surface area contributed by atoms with Gasteiger partial charge in [0.05, 0.1) is 23.3 Å². The number of aromatic nitrogens is 2. The van der Waals surface area contributed by atoms with Crippen LogP contribution in [0.25, 0.3) is 0 Å². The number of benzene rings is 1. The van der Waals surface area contributed by atoms with Crippen molar-refractivity contribution in [1.82, 2.24) is 14.7 Å². The smallest absolute Gasteiger partial charge is 0.214 e. The Morgan fingerprint density at radius 2 is 2.19 bits per heavy atom. The summed E-state index contributed by atoms with van der Waals surface area (Å²) in [6, 6.07) is 3.67. The zero-order valence-corrected chi connectivity index (χ0v) is 12.6. The summed E-state index contributed by atoms with van der Waals surface area (Å²) >= 11 is 6.04. The van der Waals surface area contributed by atoms with Crippen LogP contribution >= 0.6 is 11.6 Å². The summed E-state index contributed by atoms with van der Waals surface area (Å²) in [6.07, 6.45) is 1.40. The molecule has 0 aliphatic carbocycles. The quantitative estimate of drug-likeness (QED) is 0.678. The first-order valence-electron chi connectivity index (χ1n) is 6.36. The van der Waals surface area contributed by atoms with Crippen molar-refractivity contribution in [3.63, 3.8) is 0 Å². The average molecular weight is 311 g/mol. The molecule has 1 aromatic heterocycles. The van der Waals surface area contributed by atoms with Crippen LogP contribution < -0.4 is 5.73 Å². The number of halogens is 2. The van der Waals surface area contributed by atoms with E-state index in [1.807, 2.05) is 19.0 Å². The van der Waals surface area contributed by atoms with Gasteiger partial charge in [-0.1, -0.05) is 11.6 Å². The SMILES string of the molecule is CN(C)CCn1ncc(Cl)c1C(=O)c1cc(F)ccc1N. The molecule has 5 nitrogen and oxygen atoms in total. The van der Waals surface area contributed by atoms with Crippen molar-refractivity contribution in [2.75, 3.05) is 26.4 Å². The molecule has 0 saturated heterocycles. The molecular weight excluding hydrogens is 295 g/mol. The van der Waals surface area contributed by atoms with Crippen molar-refractivity contribution in [2.24, 2.45) is 0 Å². The number of hydrogen-bond donors (Lipinski definition) is 1. The fourth-order valence-electron chi connectivity index (χ4n) is 1.91. The van der Waals surface area contributed by atoms with E-state index in [-0.39, 0.29) is 22.0 Å².